The highest BCUT2D eigenvalue weighted by molar-refractivity contribution is 5.84. The topological polar surface area (TPSA) is 91.2 Å². The number of nitrogens with zero attached hydrogens (tertiary/aromatic N) is 1. The van der Waals surface area contributed by atoms with Gasteiger partial charge in [0, 0.05) is 6.42 Å². The lowest BCUT2D eigenvalue weighted by Crippen LogP contribution is -2.51. The lowest BCUT2D eigenvalue weighted by Gasteiger charge is -2.56. The first-order valence-corrected chi connectivity index (χ1v) is 10.2. The fourth-order valence-electron chi connectivity index (χ4n) is 5.99. The van der Waals surface area contributed by atoms with E-state index < -0.39 is 12.0 Å². The van der Waals surface area contributed by atoms with Gasteiger partial charge in [-0.1, -0.05) is 0 Å². The summed E-state index contributed by atoms with van der Waals surface area (Å²) < 4.78 is 5.57. The number of nitriles is 1. The molecule has 0 spiro atoms. The average molecular weight is 381 g/mol. The number of amides is 2. The van der Waals surface area contributed by atoms with Gasteiger partial charge >= 0.3 is 0 Å². The van der Waals surface area contributed by atoms with Crippen molar-refractivity contribution in [1.82, 2.24) is 10.9 Å². The van der Waals surface area contributed by atoms with E-state index in [2.05, 4.69) is 10.9 Å². The van der Waals surface area contributed by atoms with Gasteiger partial charge in [0.2, 0.25) is 5.91 Å². The van der Waals surface area contributed by atoms with Crippen LogP contribution < -0.4 is 15.6 Å². The van der Waals surface area contributed by atoms with E-state index in [1.807, 2.05) is 6.07 Å². The summed E-state index contributed by atoms with van der Waals surface area (Å²) in [5.41, 5.74) is 5.75. The first kappa shape index (κ1) is 18.8. The lowest BCUT2D eigenvalue weighted by atomic mass is 9.49. The van der Waals surface area contributed by atoms with E-state index in [0.717, 1.165) is 17.8 Å². The fraction of sp³-hybridized carbons (Fsp3) is 0.591. The molecule has 1 unspecified atom stereocenters. The Morgan fingerprint density at radius 2 is 1.68 bits per heavy atom. The molecule has 0 saturated heterocycles. The fourth-order valence-corrected chi connectivity index (χ4v) is 5.99. The minimum atomic E-state index is -0.757. The van der Waals surface area contributed by atoms with Crippen molar-refractivity contribution >= 4 is 11.8 Å². The van der Waals surface area contributed by atoms with Crippen LogP contribution >= 0.6 is 0 Å². The standard InChI is InChI=1S/C22H27N3O3/c1-14(28-19-4-2-15(13-23)3-5-19)21(27)25-24-20(26)12-22-9-16-6-17(10-22)8-18(7-16)11-22/h2-5,14,16-18H,6-12H2,1H3,(H,24,26)(H,25,27). The van der Waals surface area contributed by atoms with Crippen molar-refractivity contribution in [1.29, 1.82) is 5.26 Å². The van der Waals surface area contributed by atoms with Crippen molar-refractivity contribution in [3.05, 3.63) is 29.8 Å². The van der Waals surface area contributed by atoms with Crippen LogP contribution in [0.25, 0.3) is 0 Å². The summed E-state index contributed by atoms with van der Waals surface area (Å²) in [6, 6.07) is 8.59. The maximum absolute atomic E-state index is 12.5. The molecule has 28 heavy (non-hydrogen) atoms. The molecule has 4 saturated carbocycles. The third-order valence-electron chi connectivity index (χ3n) is 6.69. The van der Waals surface area contributed by atoms with Gasteiger partial charge in [-0.15, -0.1) is 0 Å². The van der Waals surface area contributed by atoms with Crippen molar-refractivity contribution in [3.63, 3.8) is 0 Å². The Morgan fingerprint density at radius 3 is 2.21 bits per heavy atom. The number of carbonyl (C=O) groups is 2. The largest absolute Gasteiger partial charge is 0.481 e. The molecule has 1 aromatic carbocycles. The van der Waals surface area contributed by atoms with E-state index in [-0.39, 0.29) is 11.3 Å². The van der Waals surface area contributed by atoms with Crippen molar-refractivity contribution in [2.24, 2.45) is 23.2 Å². The van der Waals surface area contributed by atoms with E-state index in [0.29, 0.717) is 17.7 Å². The van der Waals surface area contributed by atoms with Crippen LogP contribution in [0.15, 0.2) is 24.3 Å². The quantitative estimate of drug-likeness (QED) is 0.767. The lowest BCUT2D eigenvalue weighted by molar-refractivity contribution is -0.136. The van der Waals surface area contributed by atoms with E-state index >= 15 is 0 Å². The molecule has 2 amide bonds. The van der Waals surface area contributed by atoms with Gasteiger partial charge in [0.05, 0.1) is 11.6 Å². The Kier molecular flexibility index (Phi) is 5.01. The van der Waals surface area contributed by atoms with Crippen LogP contribution in [-0.4, -0.2) is 17.9 Å². The Morgan fingerprint density at radius 1 is 1.11 bits per heavy atom. The minimum Gasteiger partial charge on any atom is -0.481 e. The number of ether oxygens (including phenoxy) is 1. The first-order chi connectivity index (χ1) is 13.4. The summed E-state index contributed by atoms with van der Waals surface area (Å²) >= 11 is 0. The number of rotatable bonds is 5. The smallest absolute Gasteiger partial charge is 0.279 e. The summed E-state index contributed by atoms with van der Waals surface area (Å²) in [6.45, 7) is 1.62. The van der Waals surface area contributed by atoms with Crippen LogP contribution in [0.4, 0.5) is 0 Å². The van der Waals surface area contributed by atoms with Crippen LogP contribution in [0.3, 0.4) is 0 Å². The van der Waals surface area contributed by atoms with Crippen LogP contribution in [0.5, 0.6) is 5.75 Å². The molecule has 4 bridgehead atoms. The molecule has 6 heteroatoms. The highest BCUT2D eigenvalue weighted by Crippen LogP contribution is 2.61. The molecule has 1 aromatic rings. The molecule has 0 radical (unpaired) electrons. The van der Waals surface area contributed by atoms with Gasteiger partial charge in [-0.3, -0.25) is 20.4 Å². The van der Waals surface area contributed by atoms with Crippen LogP contribution in [-0.2, 0) is 9.59 Å². The molecular formula is C22H27N3O3. The molecular weight excluding hydrogens is 354 g/mol. The van der Waals surface area contributed by atoms with Gasteiger partial charge in [0.1, 0.15) is 5.75 Å². The molecule has 1 atom stereocenters. The van der Waals surface area contributed by atoms with Crippen molar-refractivity contribution in [2.75, 3.05) is 0 Å². The molecule has 0 aliphatic heterocycles. The number of nitrogens with one attached hydrogen (secondary N) is 2. The molecule has 0 heterocycles. The maximum Gasteiger partial charge on any atom is 0.279 e. The zero-order valence-electron chi connectivity index (χ0n) is 16.2. The number of hydrazine groups is 1. The van der Waals surface area contributed by atoms with E-state index in [9.17, 15) is 9.59 Å². The third kappa shape index (κ3) is 3.99. The van der Waals surface area contributed by atoms with Gasteiger partial charge in [0.15, 0.2) is 6.10 Å². The zero-order valence-corrected chi connectivity index (χ0v) is 16.2. The first-order valence-electron chi connectivity index (χ1n) is 10.2. The summed E-state index contributed by atoms with van der Waals surface area (Å²) in [5, 5.41) is 8.81. The Bertz CT molecular complexity index is 761. The zero-order chi connectivity index (χ0) is 19.7. The Hall–Kier alpha value is -2.55. The van der Waals surface area contributed by atoms with E-state index in [4.69, 9.17) is 10.00 Å². The Balaban J connectivity index is 1.25. The maximum atomic E-state index is 12.5. The second-order valence-electron chi connectivity index (χ2n) is 9.03. The molecule has 148 valence electrons. The predicted molar refractivity (Wildman–Crippen MR) is 103 cm³/mol. The third-order valence-corrected chi connectivity index (χ3v) is 6.69. The number of hydrogen-bond donors (Lipinski definition) is 2. The van der Waals surface area contributed by atoms with Crippen LogP contribution in [0, 0.1) is 34.5 Å². The molecule has 4 fully saturated rings. The van der Waals surface area contributed by atoms with E-state index in [1.165, 1.54) is 38.5 Å². The second kappa shape index (κ2) is 7.46. The summed E-state index contributed by atoms with van der Waals surface area (Å²) in [5.74, 6) is 2.39. The van der Waals surface area contributed by atoms with Gasteiger partial charge in [-0.25, -0.2) is 0 Å². The molecule has 0 aromatic heterocycles. The van der Waals surface area contributed by atoms with E-state index in [1.54, 1.807) is 31.2 Å². The molecule has 2 N–H and O–H groups in total. The molecule has 4 aliphatic rings. The van der Waals surface area contributed by atoms with Crippen molar-refractivity contribution < 1.29 is 14.3 Å². The monoisotopic (exact) mass is 381 g/mol. The Labute approximate surface area is 165 Å². The normalized spacial score (nSPS) is 30.9. The highest BCUT2D eigenvalue weighted by atomic mass is 16.5. The number of benzene rings is 1. The summed E-state index contributed by atoms with van der Waals surface area (Å²) in [6.07, 6.45) is 7.29. The molecule has 5 rings (SSSR count). The predicted octanol–water partition coefficient (Wildman–Crippen LogP) is 3.08. The van der Waals surface area contributed by atoms with Crippen LogP contribution in [0.2, 0.25) is 0 Å². The molecule has 6 nitrogen and oxygen atoms in total. The van der Waals surface area contributed by atoms with Gasteiger partial charge < -0.3 is 4.74 Å². The summed E-state index contributed by atoms with van der Waals surface area (Å²) in [7, 11) is 0. The second-order valence-corrected chi connectivity index (χ2v) is 9.03. The van der Waals surface area contributed by atoms with Gasteiger partial charge in [-0.2, -0.15) is 5.26 Å². The summed E-state index contributed by atoms with van der Waals surface area (Å²) in [4.78, 5) is 24.7. The average Bonchev–Trinajstić information content (AvgIpc) is 2.65. The van der Waals surface area contributed by atoms with Gasteiger partial charge in [-0.05, 0) is 92.9 Å². The van der Waals surface area contributed by atoms with Crippen molar-refractivity contribution in [3.8, 4) is 11.8 Å². The SMILES string of the molecule is CC(Oc1ccc(C#N)cc1)C(=O)NNC(=O)CC12CC3CC(CC(C3)C1)C2. The van der Waals surface area contributed by atoms with Gasteiger partial charge in [0.25, 0.3) is 5.91 Å². The van der Waals surface area contributed by atoms with Crippen molar-refractivity contribution in [2.45, 2.75) is 58.0 Å². The number of carbonyl (C=O) groups excluding carboxylic acids is 2. The van der Waals surface area contributed by atoms with Crippen LogP contribution in [0.1, 0.15) is 57.4 Å². The minimum absolute atomic E-state index is 0.110. The molecule has 4 aliphatic carbocycles. The number of hydrogen-bond acceptors (Lipinski definition) is 4. The highest BCUT2D eigenvalue weighted by Gasteiger charge is 2.51.